The SMILES string of the molecule is CC(C)C1(C)CC(=O)N(c2c(N)cccc2F)C1=O. The lowest BCUT2D eigenvalue weighted by Gasteiger charge is -2.26. The Morgan fingerprint density at radius 3 is 2.47 bits per heavy atom. The Bertz CT molecular complexity index is 536. The second-order valence-electron chi connectivity index (χ2n) is 5.46. The van der Waals surface area contributed by atoms with E-state index in [0.717, 1.165) is 4.90 Å². The molecule has 1 fully saturated rings. The van der Waals surface area contributed by atoms with Crippen molar-refractivity contribution in [3.63, 3.8) is 0 Å². The highest BCUT2D eigenvalue weighted by Crippen LogP contribution is 2.43. The molecule has 0 spiro atoms. The number of nitrogens with two attached hydrogens (primary N) is 1. The summed E-state index contributed by atoms with van der Waals surface area (Å²) in [6.45, 7) is 5.48. The molecular weight excluding hydrogens is 247 g/mol. The maximum atomic E-state index is 13.9. The number of nitrogens with zero attached hydrogens (tertiary/aromatic N) is 1. The average molecular weight is 264 g/mol. The summed E-state index contributed by atoms with van der Waals surface area (Å²) in [6.07, 6.45) is 0.0806. The molecule has 0 aliphatic carbocycles. The largest absolute Gasteiger partial charge is 0.397 e. The first-order valence-electron chi connectivity index (χ1n) is 6.20. The Morgan fingerprint density at radius 1 is 1.37 bits per heavy atom. The van der Waals surface area contributed by atoms with E-state index in [1.807, 2.05) is 13.8 Å². The first-order chi connectivity index (χ1) is 8.79. The molecule has 1 aliphatic heterocycles. The number of amides is 2. The number of hydrogen-bond acceptors (Lipinski definition) is 3. The first kappa shape index (κ1) is 13.5. The van der Waals surface area contributed by atoms with Crippen LogP contribution in [0.25, 0.3) is 0 Å². The first-order valence-corrected chi connectivity index (χ1v) is 6.20. The van der Waals surface area contributed by atoms with Crippen LogP contribution in [-0.4, -0.2) is 11.8 Å². The lowest BCUT2D eigenvalue weighted by molar-refractivity contribution is -0.126. The Kier molecular flexibility index (Phi) is 3.08. The molecule has 1 unspecified atom stereocenters. The van der Waals surface area contributed by atoms with E-state index in [-0.39, 0.29) is 29.6 Å². The molecule has 1 atom stereocenters. The van der Waals surface area contributed by atoms with Gasteiger partial charge < -0.3 is 5.73 Å². The van der Waals surface area contributed by atoms with E-state index < -0.39 is 17.1 Å². The van der Waals surface area contributed by atoms with Crippen molar-refractivity contribution in [2.24, 2.45) is 11.3 Å². The van der Waals surface area contributed by atoms with Crippen molar-refractivity contribution in [3.05, 3.63) is 24.0 Å². The maximum Gasteiger partial charge on any atom is 0.240 e. The number of para-hydroxylation sites is 1. The van der Waals surface area contributed by atoms with E-state index in [0.29, 0.717) is 0 Å². The molecule has 1 aliphatic rings. The molecule has 102 valence electrons. The summed E-state index contributed by atoms with van der Waals surface area (Å²) in [5, 5.41) is 0. The predicted molar refractivity (Wildman–Crippen MR) is 70.9 cm³/mol. The molecule has 1 aromatic carbocycles. The molecule has 5 heteroatoms. The fraction of sp³-hybridized carbons (Fsp3) is 0.429. The number of anilines is 2. The van der Waals surface area contributed by atoms with Crippen LogP contribution in [-0.2, 0) is 9.59 Å². The smallest absolute Gasteiger partial charge is 0.240 e. The lowest BCUT2D eigenvalue weighted by atomic mass is 9.78. The molecule has 0 saturated carbocycles. The van der Waals surface area contributed by atoms with Crippen LogP contribution in [0.4, 0.5) is 15.8 Å². The van der Waals surface area contributed by atoms with Crippen molar-refractivity contribution in [2.75, 3.05) is 10.6 Å². The fourth-order valence-corrected chi connectivity index (χ4v) is 2.28. The third-order valence-electron chi connectivity index (χ3n) is 3.98. The third kappa shape index (κ3) is 1.89. The van der Waals surface area contributed by atoms with Gasteiger partial charge in [-0.05, 0) is 25.0 Å². The molecule has 1 aromatic rings. The Hall–Kier alpha value is -1.91. The topological polar surface area (TPSA) is 63.4 Å². The minimum absolute atomic E-state index is 0.0121. The maximum absolute atomic E-state index is 13.9. The predicted octanol–water partition coefficient (Wildman–Crippen LogP) is 2.33. The molecule has 2 amide bonds. The van der Waals surface area contributed by atoms with Crippen molar-refractivity contribution < 1.29 is 14.0 Å². The summed E-state index contributed by atoms with van der Waals surface area (Å²) < 4.78 is 13.9. The van der Waals surface area contributed by atoms with Crippen LogP contribution in [0.3, 0.4) is 0 Å². The monoisotopic (exact) mass is 264 g/mol. The van der Waals surface area contributed by atoms with Crippen molar-refractivity contribution in [3.8, 4) is 0 Å². The van der Waals surface area contributed by atoms with Gasteiger partial charge in [0, 0.05) is 6.42 Å². The van der Waals surface area contributed by atoms with Gasteiger partial charge in [0.15, 0.2) is 0 Å². The number of carbonyl (C=O) groups excluding carboxylic acids is 2. The highest BCUT2D eigenvalue weighted by molar-refractivity contribution is 6.23. The van der Waals surface area contributed by atoms with Gasteiger partial charge in [0.25, 0.3) is 0 Å². The van der Waals surface area contributed by atoms with E-state index >= 15 is 0 Å². The number of nitrogen functional groups attached to an aromatic ring is 1. The highest BCUT2D eigenvalue weighted by atomic mass is 19.1. The van der Waals surface area contributed by atoms with E-state index in [1.54, 1.807) is 6.92 Å². The number of hydrogen-bond donors (Lipinski definition) is 1. The number of benzene rings is 1. The number of imide groups is 1. The van der Waals surface area contributed by atoms with Gasteiger partial charge in [0.1, 0.15) is 11.5 Å². The Labute approximate surface area is 111 Å². The molecule has 2 rings (SSSR count). The van der Waals surface area contributed by atoms with Gasteiger partial charge in [-0.15, -0.1) is 0 Å². The molecule has 0 aromatic heterocycles. The number of carbonyl (C=O) groups is 2. The van der Waals surface area contributed by atoms with Crippen molar-refractivity contribution in [2.45, 2.75) is 27.2 Å². The molecule has 19 heavy (non-hydrogen) atoms. The van der Waals surface area contributed by atoms with Gasteiger partial charge in [-0.25, -0.2) is 9.29 Å². The Balaban J connectivity index is 2.53. The van der Waals surface area contributed by atoms with Gasteiger partial charge in [-0.1, -0.05) is 19.9 Å². The molecule has 4 nitrogen and oxygen atoms in total. The van der Waals surface area contributed by atoms with E-state index in [4.69, 9.17) is 5.73 Å². The van der Waals surface area contributed by atoms with Gasteiger partial charge >= 0.3 is 0 Å². The van der Waals surface area contributed by atoms with Crippen molar-refractivity contribution in [1.29, 1.82) is 0 Å². The molecule has 0 radical (unpaired) electrons. The second kappa shape index (κ2) is 4.33. The standard InChI is InChI=1S/C14H17FN2O2/c1-8(2)14(3)7-11(18)17(13(14)19)12-9(15)5-4-6-10(12)16/h4-6,8H,7,16H2,1-3H3. The van der Waals surface area contributed by atoms with Gasteiger partial charge in [0.05, 0.1) is 11.1 Å². The zero-order valence-electron chi connectivity index (χ0n) is 11.2. The van der Waals surface area contributed by atoms with Gasteiger partial charge in [-0.2, -0.15) is 0 Å². The van der Waals surface area contributed by atoms with Crippen molar-refractivity contribution >= 4 is 23.2 Å². The second-order valence-corrected chi connectivity index (χ2v) is 5.46. The van der Waals surface area contributed by atoms with Crippen LogP contribution in [0.1, 0.15) is 27.2 Å². The van der Waals surface area contributed by atoms with Crippen molar-refractivity contribution in [1.82, 2.24) is 0 Å². The fourth-order valence-electron chi connectivity index (χ4n) is 2.28. The van der Waals surface area contributed by atoms with Gasteiger partial charge in [-0.3, -0.25) is 9.59 Å². The number of halogens is 1. The molecule has 1 heterocycles. The zero-order chi connectivity index (χ0) is 14.4. The summed E-state index contributed by atoms with van der Waals surface area (Å²) in [7, 11) is 0. The summed E-state index contributed by atoms with van der Waals surface area (Å²) in [5.74, 6) is -1.46. The zero-order valence-corrected chi connectivity index (χ0v) is 11.2. The quantitative estimate of drug-likeness (QED) is 0.658. The molecule has 2 N–H and O–H groups in total. The molecule has 0 bridgehead atoms. The van der Waals surface area contributed by atoms with Crippen LogP contribution in [0.5, 0.6) is 0 Å². The third-order valence-corrected chi connectivity index (χ3v) is 3.98. The summed E-state index contributed by atoms with van der Waals surface area (Å²) in [4.78, 5) is 25.5. The van der Waals surface area contributed by atoms with Crippen LogP contribution >= 0.6 is 0 Å². The van der Waals surface area contributed by atoms with Crippen LogP contribution in [0.2, 0.25) is 0 Å². The molecule has 1 saturated heterocycles. The van der Waals surface area contributed by atoms with Crippen LogP contribution < -0.4 is 10.6 Å². The van der Waals surface area contributed by atoms with E-state index in [2.05, 4.69) is 0 Å². The number of rotatable bonds is 2. The van der Waals surface area contributed by atoms with E-state index in [9.17, 15) is 14.0 Å². The Morgan fingerprint density at radius 2 is 2.00 bits per heavy atom. The molecular formula is C14H17FN2O2. The summed E-state index contributed by atoms with van der Waals surface area (Å²) in [5.41, 5.74) is 4.87. The normalized spacial score (nSPS) is 23.5. The van der Waals surface area contributed by atoms with E-state index in [1.165, 1.54) is 18.2 Å². The van der Waals surface area contributed by atoms with Crippen LogP contribution in [0.15, 0.2) is 18.2 Å². The summed E-state index contributed by atoms with van der Waals surface area (Å²) >= 11 is 0. The van der Waals surface area contributed by atoms with Crippen LogP contribution in [0, 0.1) is 17.2 Å². The minimum atomic E-state index is -0.800. The minimum Gasteiger partial charge on any atom is -0.397 e. The lowest BCUT2D eigenvalue weighted by Crippen LogP contribution is -2.37. The van der Waals surface area contributed by atoms with Gasteiger partial charge in [0.2, 0.25) is 11.8 Å². The highest BCUT2D eigenvalue weighted by Gasteiger charge is 2.51. The average Bonchev–Trinajstić information content (AvgIpc) is 2.53. The summed E-state index contributed by atoms with van der Waals surface area (Å²) in [6, 6.07) is 4.11.